The van der Waals surface area contributed by atoms with Gasteiger partial charge in [0.25, 0.3) is 5.91 Å². The minimum Gasteiger partial charge on any atom is -0.478 e. The van der Waals surface area contributed by atoms with Crippen molar-refractivity contribution in [2.45, 2.75) is 12.5 Å². The summed E-state index contributed by atoms with van der Waals surface area (Å²) >= 11 is 0. The maximum absolute atomic E-state index is 12.1. The number of aromatic nitrogens is 1. The minimum absolute atomic E-state index is 0.00851. The third-order valence-electron chi connectivity index (χ3n) is 2.72. The standard InChI is InChI=1S/C13H14N2O4/c16-11(17)4-3-9-2-1-6-14-12(9)13(18)15-10-5-7-19-8-10/h1-4,6,10H,5,7-8H2,(H,15,18)(H,16,17)/b4-3+. The van der Waals surface area contributed by atoms with Gasteiger partial charge in [-0.3, -0.25) is 9.78 Å². The van der Waals surface area contributed by atoms with Gasteiger partial charge in [0.1, 0.15) is 5.69 Å². The molecule has 2 N–H and O–H groups in total. The van der Waals surface area contributed by atoms with Crippen molar-refractivity contribution in [2.75, 3.05) is 13.2 Å². The quantitative estimate of drug-likeness (QED) is 0.780. The molecule has 0 radical (unpaired) electrons. The summed E-state index contributed by atoms with van der Waals surface area (Å²) < 4.78 is 5.18. The second kappa shape index (κ2) is 6.10. The third-order valence-corrected chi connectivity index (χ3v) is 2.72. The zero-order valence-electron chi connectivity index (χ0n) is 10.2. The van der Waals surface area contributed by atoms with Gasteiger partial charge in [0.15, 0.2) is 0 Å². The predicted molar refractivity (Wildman–Crippen MR) is 67.6 cm³/mol. The lowest BCUT2D eigenvalue weighted by molar-refractivity contribution is -0.131. The number of hydrogen-bond acceptors (Lipinski definition) is 4. The molecule has 100 valence electrons. The molecule has 0 aromatic carbocycles. The normalized spacial score (nSPS) is 18.6. The first-order valence-electron chi connectivity index (χ1n) is 5.91. The Labute approximate surface area is 110 Å². The zero-order valence-corrected chi connectivity index (χ0v) is 10.2. The van der Waals surface area contributed by atoms with E-state index >= 15 is 0 Å². The van der Waals surface area contributed by atoms with E-state index in [2.05, 4.69) is 10.3 Å². The van der Waals surface area contributed by atoms with Gasteiger partial charge in [-0.1, -0.05) is 6.07 Å². The van der Waals surface area contributed by atoms with Crippen LogP contribution in [0.25, 0.3) is 6.08 Å². The van der Waals surface area contributed by atoms with Gasteiger partial charge >= 0.3 is 5.97 Å². The Morgan fingerprint density at radius 1 is 1.53 bits per heavy atom. The van der Waals surface area contributed by atoms with Gasteiger partial charge in [0, 0.05) is 24.4 Å². The molecule has 1 aliphatic heterocycles. The number of hydrogen-bond donors (Lipinski definition) is 2. The van der Waals surface area contributed by atoms with Crippen LogP contribution < -0.4 is 5.32 Å². The third kappa shape index (κ3) is 3.62. The van der Waals surface area contributed by atoms with E-state index in [9.17, 15) is 9.59 Å². The summed E-state index contributed by atoms with van der Waals surface area (Å²) in [5.41, 5.74) is 0.688. The summed E-state index contributed by atoms with van der Waals surface area (Å²) in [6.07, 6.45) is 4.61. The molecule has 1 unspecified atom stereocenters. The molecule has 2 heterocycles. The Balaban J connectivity index is 2.13. The van der Waals surface area contributed by atoms with Crippen LogP contribution in [0.4, 0.5) is 0 Å². The van der Waals surface area contributed by atoms with E-state index in [1.54, 1.807) is 12.1 Å². The summed E-state index contributed by atoms with van der Waals surface area (Å²) in [6.45, 7) is 1.14. The molecule has 0 aliphatic carbocycles. The number of carboxylic acids is 1. The maximum atomic E-state index is 12.1. The molecule has 1 fully saturated rings. The van der Waals surface area contributed by atoms with E-state index in [1.165, 1.54) is 12.3 Å². The fraction of sp³-hybridized carbons (Fsp3) is 0.308. The van der Waals surface area contributed by atoms with E-state index < -0.39 is 5.97 Å². The molecule has 6 nitrogen and oxygen atoms in total. The summed E-state index contributed by atoms with van der Waals surface area (Å²) in [7, 11) is 0. The number of nitrogens with one attached hydrogen (secondary N) is 1. The summed E-state index contributed by atoms with van der Waals surface area (Å²) in [4.78, 5) is 26.6. The number of carbonyl (C=O) groups excluding carboxylic acids is 1. The highest BCUT2D eigenvalue weighted by atomic mass is 16.5. The van der Waals surface area contributed by atoms with Crippen LogP contribution in [-0.4, -0.2) is 41.2 Å². The number of nitrogens with zero attached hydrogens (tertiary/aromatic N) is 1. The molecule has 1 aromatic heterocycles. The van der Waals surface area contributed by atoms with Gasteiger partial charge < -0.3 is 15.2 Å². The van der Waals surface area contributed by atoms with Crippen LogP contribution in [0.2, 0.25) is 0 Å². The molecule has 0 bridgehead atoms. The molecule has 0 spiro atoms. The molecule has 1 aromatic rings. The Bertz CT molecular complexity index is 507. The summed E-state index contributed by atoms with van der Waals surface area (Å²) in [5, 5.41) is 11.4. The fourth-order valence-electron chi connectivity index (χ4n) is 1.81. The van der Waals surface area contributed by atoms with Crippen LogP contribution in [0.1, 0.15) is 22.5 Å². The first-order valence-corrected chi connectivity index (χ1v) is 5.91. The number of ether oxygens (including phenoxy) is 1. The van der Waals surface area contributed by atoms with Crippen LogP contribution in [0, 0.1) is 0 Å². The lowest BCUT2D eigenvalue weighted by Gasteiger charge is -2.11. The van der Waals surface area contributed by atoms with Gasteiger partial charge in [-0.15, -0.1) is 0 Å². The zero-order chi connectivity index (χ0) is 13.7. The van der Waals surface area contributed by atoms with Crippen molar-refractivity contribution in [3.63, 3.8) is 0 Å². The van der Waals surface area contributed by atoms with E-state index in [-0.39, 0.29) is 17.6 Å². The molecule has 1 atom stereocenters. The van der Waals surface area contributed by atoms with Crippen molar-refractivity contribution >= 4 is 18.0 Å². The molecule has 1 saturated heterocycles. The van der Waals surface area contributed by atoms with E-state index in [4.69, 9.17) is 9.84 Å². The first-order chi connectivity index (χ1) is 9.16. The lowest BCUT2D eigenvalue weighted by atomic mass is 10.1. The second-order valence-electron chi connectivity index (χ2n) is 4.15. The topological polar surface area (TPSA) is 88.5 Å². The van der Waals surface area contributed by atoms with Gasteiger partial charge in [0.05, 0.1) is 12.6 Å². The van der Waals surface area contributed by atoms with Crippen molar-refractivity contribution in [1.82, 2.24) is 10.3 Å². The highest BCUT2D eigenvalue weighted by molar-refractivity contribution is 5.97. The van der Waals surface area contributed by atoms with E-state index in [0.717, 1.165) is 12.5 Å². The largest absolute Gasteiger partial charge is 0.478 e. The number of carbonyl (C=O) groups is 2. The van der Waals surface area contributed by atoms with Crippen LogP contribution >= 0.6 is 0 Å². The van der Waals surface area contributed by atoms with Gasteiger partial charge in [-0.25, -0.2) is 4.79 Å². The van der Waals surface area contributed by atoms with E-state index in [1.807, 2.05) is 0 Å². The molecule has 2 rings (SSSR count). The molecule has 1 amide bonds. The smallest absolute Gasteiger partial charge is 0.328 e. The monoisotopic (exact) mass is 262 g/mol. The Hall–Kier alpha value is -2.21. The second-order valence-corrected chi connectivity index (χ2v) is 4.15. The molecule has 19 heavy (non-hydrogen) atoms. The fourth-order valence-corrected chi connectivity index (χ4v) is 1.81. The van der Waals surface area contributed by atoms with Crippen LogP contribution in [0.3, 0.4) is 0 Å². The maximum Gasteiger partial charge on any atom is 0.328 e. The molecule has 0 saturated carbocycles. The average molecular weight is 262 g/mol. The number of carboxylic acid groups (broad SMARTS) is 1. The van der Waals surface area contributed by atoms with Crippen molar-refractivity contribution < 1.29 is 19.4 Å². The van der Waals surface area contributed by atoms with Crippen molar-refractivity contribution in [2.24, 2.45) is 0 Å². The van der Waals surface area contributed by atoms with Crippen molar-refractivity contribution in [3.05, 3.63) is 35.7 Å². The Morgan fingerprint density at radius 3 is 3.05 bits per heavy atom. The molecular formula is C13H14N2O4. The van der Waals surface area contributed by atoms with Gasteiger partial charge in [-0.05, 0) is 18.6 Å². The minimum atomic E-state index is -1.07. The first kappa shape index (κ1) is 13.2. The van der Waals surface area contributed by atoms with Gasteiger partial charge in [-0.2, -0.15) is 0 Å². The molecule has 6 heteroatoms. The highest BCUT2D eigenvalue weighted by Gasteiger charge is 2.20. The Kier molecular flexibility index (Phi) is 4.25. The SMILES string of the molecule is O=C(O)/C=C/c1cccnc1C(=O)NC1CCOC1. The van der Waals surface area contributed by atoms with Crippen LogP contribution in [-0.2, 0) is 9.53 Å². The average Bonchev–Trinajstić information content (AvgIpc) is 2.89. The van der Waals surface area contributed by atoms with Crippen LogP contribution in [0.5, 0.6) is 0 Å². The number of rotatable bonds is 4. The van der Waals surface area contributed by atoms with E-state index in [0.29, 0.717) is 18.8 Å². The number of amides is 1. The molecule has 1 aliphatic rings. The summed E-state index contributed by atoms with van der Waals surface area (Å²) in [6, 6.07) is 3.29. The summed E-state index contributed by atoms with van der Waals surface area (Å²) in [5.74, 6) is -1.39. The van der Waals surface area contributed by atoms with Crippen molar-refractivity contribution in [3.8, 4) is 0 Å². The Morgan fingerprint density at radius 2 is 2.37 bits per heavy atom. The number of pyridine rings is 1. The van der Waals surface area contributed by atoms with Gasteiger partial charge in [0.2, 0.25) is 0 Å². The lowest BCUT2D eigenvalue weighted by Crippen LogP contribution is -2.35. The predicted octanol–water partition coefficient (Wildman–Crippen LogP) is 0.698. The van der Waals surface area contributed by atoms with Crippen LogP contribution in [0.15, 0.2) is 24.4 Å². The number of aliphatic carboxylic acids is 1. The molecular weight excluding hydrogens is 248 g/mol. The highest BCUT2D eigenvalue weighted by Crippen LogP contribution is 2.10. The van der Waals surface area contributed by atoms with Crippen molar-refractivity contribution in [1.29, 1.82) is 0 Å².